The maximum atomic E-state index is 5.84. The number of anilines is 1. The number of halogens is 1. The van der Waals surface area contributed by atoms with Gasteiger partial charge in [-0.05, 0) is 28.5 Å². The van der Waals surface area contributed by atoms with Gasteiger partial charge in [-0.15, -0.1) is 0 Å². The van der Waals surface area contributed by atoms with Crippen LogP contribution >= 0.6 is 22.6 Å². The third-order valence-corrected chi connectivity index (χ3v) is 3.09. The molecule has 0 saturated carbocycles. The van der Waals surface area contributed by atoms with Gasteiger partial charge in [0.25, 0.3) is 0 Å². The summed E-state index contributed by atoms with van der Waals surface area (Å²) in [6.45, 7) is 8.39. The number of hydrogen-bond acceptors (Lipinski definition) is 3. The molecule has 1 rings (SSSR count). The number of nitrogens with zero attached hydrogens (tertiary/aromatic N) is 2. The van der Waals surface area contributed by atoms with Crippen LogP contribution in [0, 0.1) is 3.57 Å². The summed E-state index contributed by atoms with van der Waals surface area (Å²) in [6, 6.07) is 0. The monoisotopic (exact) mass is 305 g/mol. The molecule has 0 aliphatic rings. The molecule has 0 radical (unpaired) electrons. The molecule has 1 heterocycles. The van der Waals surface area contributed by atoms with Crippen LogP contribution in [0.25, 0.3) is 0 Å². The molecule has 0 aliphatic heterocycles. The molecular weight excluding hydrogens is 289 g/mol. The van der Waals surface area contributed by atoms with E-state index < -0.39 is 0 Å². The fraction of sp³-hybridized carbons (Fsp3) is 0.600. The van der Waals surface area contributed by atoms with E-state index in [1.54, 1.807) is 0 Å². The van der Waals surface area contributed by atoms with Crippen LogP contribution in [0.2, 0.25) is 0 Å². The highest BCUT2D eigenvalue weighted by molar-refractivity contribution is 14.1. The molecule has 0 amide bonds. The van der Waals surface area contributed by atoms with E-state index in [9.17, 15) is 0 Å². The highest BCUT2D eigenvalue weighted by Gasteiger charge is 2.14. The molecule has 0 atom stereocenters. The molecule has 2 N–H and O–H groups in total. The lowest BCUT2D eigenvalue weighted by atomic mass is 10.1. The molecule has 0 aliphatic carbocycles. The molecule has 14 heavy (non-hydrogen) atoms. The van der Waals surface area contributed by atoms with Gasteiger partial charge >= 0.3 is 0 Å². The predicted molar refractivity (Wildman–Crippen MR) is 67.3 cm³/mol. The standard InChI is InChI=1S/C10H16IN3/c1-5(2)8-7(11)9(12)14-10(13-8)6(3)4/h5-6H,1-4H3,(H2,12,13,14). The molecule has 1 aromatic heterocycles. The Morgan fingerprint density at radius 2 is 1.64 bits per heavy atom. The van der Waals surface area contributed by atoms with Gasteiger partial charge in [0.1, 0.15) is 11.6 Å². The van der Waals surface area contributed by atoms with Crippen LogP contribution in [0.15, 0.2) is 0 Å². The molecule has 0 saturated heterocycles. The molecule has 0 fully saturated rings. The number of rotatable bonds is 2. The first-order valence-electron chi connectivity index (χ1n) is 4.76. The lowest BCUT2D eigenvalue weighted by Gasteiger charge is -2.12. The van der Waals surface area contributed by atoms with Crippen LogP contribution in [0.1, 0.15) is 51.0 Å². The van der Waals surface area contributed by atoms with E-state index in [1.165, 1.54) is 0 Å². The summed E-state index contributed by atoms with van der Waals surface area (Å²) in [6.07, 6.45) is 0. The van der Waals surface area contributed by atoms with Crippen LogP contribution in [0.3, 0.4) is 0 Å². The second-order valence-electron chi connectivity index (χ2n) is 3.98. The van der Waals surface area contributed by atoms with Crippen molar-refractivity contribution in [3.05, 3.63) is 15.1 Å². The van der Waals surface area contributed by atoms with Gasteiger partial charge in [0.2, 0.25) is 0 Å². The van der Waals surface area contributed by atoms with Gasteiger partial charge in [-0.3, -0.25) is 0 Å². The average Bonchev–Trinajstić information content (AvgIpc) is 2.08. The maximum absolute atomic E-state index is 5.84. The van der Waals surface area contributed by atoms with Gasteiger partial charge < -0.3 is 5.73 Å². The van der Waals surface area contributed by atoms with Crippen molar-refractivity contribution in [1.29, 1.82) is 0 Å². The minimum absolute atomic E-state index is 0.326. The fourth-order valence-corrected chi connectivity index (χ4v) is 2.01. The molecule has 0 unspecified atom stereocenters. The Morgan fingerprint density at radius 3 is 2.07 bits per heavy atom. The molecular formula is C10H16IN3. The number of nitrogen functional groups attached to an aromatic ring is 1. The van der Waals surface area contributed by atoms with Crippen LogP contribution in [0.4, 0.5) is 5.82 Å². The zero-order chi connectivity index (χ0) is 10.9. The molecule has 0 aromatic carbocycles. The molecule has 4 heteroatoms. The minimum Gasteiger partial charge on any atom is -0.383 e. The van der Waals surface area contributed by atoms with E-state index in [0.717, 1.165) is 15.1 Å². The number of hydrogen-bond donors (Lipinski definition) is 1. The molecule has 3 nitrogen and oxygen atoms in total. The highest BCUT2D eigenvalue weighted by atomic mass is 127. The molecule has 0 spiro atoms. The molecule has 1 aromatic rings. The Kier molecular flexibility index (Phi) is 3.69. The number of nitrogens with two attached hydrogens (primary N) is 1. The van der Waals surface area contributed by atoms with E-state index in [-0.39, 0.29) is 0 Å². The van der Waals surface area contributed by atoms with Crippen molar-refractivity contribution in [2.45, 2.75) is 39.5 Å². The van der Waals surface area contributed by atoms with Crippen LogP contribution in [-0.4, -0.2) is 9.97 Å². The summed E-state index contributed by atoms with van der Waals surface area (Å²) in [4.78, 5) is 8.81. The van der Waals surface area contributed by atoms with Crippen molar-refractivity contribution < 1.29 is 0 Å². The quantitative estimate of drug-likeness (QED) is 0.855. The maximum Gasteiger partial charge on any atom is 0.140 e. The van der Waals surface area contributed by atoms with Crippen molar-refractivity contribution in [2.24, 2.45) is 0 Å². The van der Waals surface area contributed by atoms with Crippen molar-refractivity contribution in [3.63, 3.8) is 0 Å². The van der Waals surface area contributed by atoms with Gasteiger partial charge in [0.05, 0.1) is 9.26 Å². The summed E-state index contributed by atoms with van der Waals surface area (Å²) in [7, 11) is 0. The van der Waals surface area contributed by atoms with Gasteiger partial charge in [-0.2, -0.15) is 0 Å². The van der Waals surface area contributed by atoms with Crippen LogP contribution in [0.5, 0.6) is 0 Å². The Balaban J connectivity index is 3.28. The zero-order valence-electron chi connectivity index (χ0n) is 9.00. The summed E-state index contributed by atoms with van der Waals surface area (Å²) in [5.74, 6) is 2.16. The topological polar surface area (TPSA) is 51.8 Å². The summed E-state index contributed by atoms with van der Waals surface area (Å²) in [5.41, 5.74) is 6.90. The Hall–Kier alpha value is -0.390. The lowest BCUT2D eigenvalue weighted by Crippen LogP contribution is -2.09. The summed E-state index contributed by atoms with van der Waals surface area (Å²) in [5, 5.41) is 0. The van der Waals surface area contributed by atoms with Crippen LogP contribution in [-0.2, 0) is 0 Å². The third kappa shape index (κ3) is 2.34. The second kappa shape index (κ2) is 4.42. The van der Waals surface area contributed by atoms with E-state index in [1.807, 2.05) is 0 Å². The number of aromatic nitrogens is 2. The average molecular weight is 305 g/mol. The first kappa shape index (κ1) is 11.7. The predicted octanol–water partition coefficient (Wildman–Crippen LogP) is 2.91. The van der Waals surface area contributed by atoms with Gasteiger partial charge in [-0.1, -0.05) is 27.7 Å². The first-order valence-corrected chi connectivity index (χ1v) is 5.84. The summed E-state index contributed by atoms with van der Waals surface area (Å²) < 4.78 is 0.988. The minimum atomic E-state index is 0.326. The SMILES string of the molecule is CC(C)c1nc(N)c(I)c(C(C)C)n1. The molecule has 78 valence electrons. The van der Waals surface area contributed by atoms with Gasteiger partial charge in [0, 0.05) is 5.92 Å². The van der Waals surface area contributed by atoms with Gasteiger partial charge in [0.15, 0.2) is 0 Å². The fourth-order valence-electron chi connectivity index (χ4n) is 1.14. The largest absolute Gasteiger partial charge is 0.383 e. The van der Waals surface area contributed by atoms with E-state index in [4.69, 9.17) is 5.73 Å². The van der Waals surface area contributed by atoms with Crippen molar-refractivity contribution in [3.8, 4) is 0 Å². The van der Waals surface area contributed by atoms with Crippen molar-refractivity contribution in [2.75, 3.05) is 5.73 Å². The van der Waals surface area contributed by atoms with E-state index in [2.05, 4.69) is 60.3 Å². The Bertz CT molecular complexity index is 334. The highest BCUT2D eigenvalue weighted by Crippen LogP contribution is 2.24. The van der Waals surface area contributed by atoms with Crippen LogP contribution < -0.4 is 5.73 Å². The third-order valence-electron chi connectivity index (χ3n) is 1.98. The van der Waals surface area contributed by atoms with Crippen molar-refractivity contribution in [1.82, 2.24) is 9.97 Å². The Morgan fingerprint density at radius 1 is 1.07 bits per heavy atom. The first-order chi connectivity index (χ1) is 6.43. The lowest BCUT2D eigenvalue weighted by molar-refractivity contribution is 0.727. The smallest absolute Gasteiger partial charge is 0.140 e. The zero-order valence-corrected chi connectivity index (χ0v) is 11.2. The van der Waals surface area contributed by atoms with E-state index >= 15 is 0 Å². The normalized spacial score (nSPS) is 11.4. The molecule has 0 bridgehead atoms. The second-order valence-corrected chi connectivity index (χ2v) is 5.05. The van der Waals surface area contributed by atoms with Gasteiger partial charge in [-0.25, -0.2) is 9.97 Å². The van der Waals surface area contributed by atoms with E-state index in [0.29, 0.717) is 17.7 Å². The van der Waals surface area contributed by atoms with Crippen molar-refractivity contribution >= 4 is 28.4 Å². The summed E-state index contributed by atoms with van der Waals surface area (Å²) >= 11 is 2.21. The Labute approximate surface area is 98.7 Å².